The van der Waals surface area contributed by atoms with Gasteiger partial charge in [-0.1, -0.05) is 56.9 Å². The van der Waals surface area contributed by atoms with E-state index >= 15 is 0 Å². The van der Waals surface area contributed by atoms with Gasteiger partial charge in [-0.05, 0) is 96.8 Å². The van der Waals surface area contributed by atoms with E-state index in [1.54, 1.807) is 79.9 Å². The zero-order valence-electron chi connectivity index (χ0n) is 27.6. The minimum atomic E-state index is -1.15. The van der Waals surface area contributed by atoms with Crippen LogP contribution >= 0.6 is 0 Å². The van der Waals surface area contributed by atoms with Gasteiger partial charge >= 0.3 is 11.9 Å². The van der Waals surface area contributed by atoms with Crippen molar-refractivity contribution in [3.8, 4) is 17.2 Å². The molecule has 1 amide bonds. The van der Waals surface area contributed by atoms with Crippen LogP contribution in [0.5, 0.6) is 17.2 Å². The van der Waals surface area contributed by atoms with Gasteiger partial charge in [0.25, 0.3) is 5.91 Å². The summed E-state index contributed by atoms with van der Waals surface area (Å²) in [6, 6.07) is 27.0. The van der Waals surface area contributed by atoms with Gasteiger partial charge in [0.1, 0.15) is 23.3 Å². The zero-order chi connectivity index (χ0) is 34.1. The number of anilines is 1. The van der Waals surface area contributed by atoms with Crippen molar-refractivity contribution in [3.05, 3.63) is 119 Å². The van der Waals surface area contributed by atoms with E-state index in [1.165, 1.54) is 24.8 Å². The van der Waals surface area contributed by atoms with Gasteiger partial charge in [-0.15, -0.1) is 0 Å². The lowest BCUT2D eigenvalue weighted by molar-refractivity contribution is -0.139. The van der Waals surface area contributed by atoms with Crippen LogP contribution in [0, 0.1) is 0 Å². The molecule has 0 heterocycles. The standard InChI is InChI=1S/C39H44N2O7/c1-3-4-5-6-7-26-47-34-22-14-31(15-23-34)39(45)48-35-20-10-29(11-21-35)27-36(38(43)44)41-37(42)30-12-16-32(17-13-30)40-25-24-28-8-18-33(46-2)19-9-28/h8-23,36,40H,3-7,24-27H2,1-2H3,(H,41,42)(H,43,44)/t36-/m0/s1. The van der Waals surface area contributed by atoms with Crippen LogP contribution in [0.2, 0.25) is 0 Å². The summed E-state index contributed by atoms with van der Waals surface area (Å²) in [5, 5.41) is 15.7. The molecule has 4 rings (SSSR count). The van der Waals surface area contributed by atoms with Crippen molar-refractivity contribution in [1.82, 2.24) is 5.32 Å². The second-order valence-corrected chi connectivity index (χ2v) is 11.5. The number of hydrogen-bond donors (Lipinski definition) is 3. The maximum atomic E-state index is 12.9. The predicted molar refractivity (Wildman–Crippen MR) is 186 cm³/mol. The highest BCUT2D eigenvalue weighted by Crippen LogP contribution is 2.19. The Morgan fingerprint density at radius 1 is 0.708 bits per heavy atom. The highest BCUT2D eigenvalue weighted by atomic mass is 16.5. The van der Waals surface area contributed by atoms with Crippen LogP contribution in [-0.2, 0) is 17.6 Å². The second kappa shape index (κ2) is 18.7. The normalized spacial score (nSPS) is 11.3. The molecule has 0 radical (unpaired) electrons. The molecular formula is C39H44N2O7. The molecule has 0 aromatic heterocycles. The van der Waals surface area contributed by atoms with Crippen LogP contribution in [0.4, 0.5) is 5.69 Å². The molecule has 0 fully saturated rings. The first-order valence-electron chi connectivity index (χ1n) is 16.4. The number of carboxylic acid groups (broad SMARTS) is 1. The molecule has 0 aliphatic rings. The summed E-state index contributed by atoms with van der Waals surface area (Å²) in [5.74, 6) is -0.306. The number of aliphatic carboxylic acids is 1. The second-order valence-electron chi connectivity index (χ2n) is 11.5. The van der Waals surface area contributed by atoms with Crippen LogP contribution in [0.1, 0.15) is 70.9 Å². The van der Waals surface area contributed by atoms with Crippen molar-refractivity contribution < 1.29 is 33.7 Å². The Labute approximate surface area is 282 Å². The van der Waals surface area contributed by atoms with Crippen LogP contribution in [0.3, 0.4) is 0 Å². The van der Waals surface area contributed by atoms with Crippen molar-refractivity contribution in [2.45, 2.75) is 57.9 Å². The van der Waals surface area contributed by atoms with E-state index in [2.05, 4.69) is 17.6 Å². The number of methoxy groups -OCH3 is 1. The number of carbonyl (C=O) groups is 3. The third-order valence-electron chi connectivity index (χ3n) is 7.83. The SMILES string of the molecule is CCCCCCCOc1ccc(C(=O)Oc2ccc(C[C@H](NC(=O)c3ccc(NCCc4ccc(OC)cc4)cc3)C(=O)O)cc2)cc1. The van der Waals surface area contributed by atoms with E-state index in [9.17, 15) is 19.5 Å². The van der Waals surface area contributed by atoms with E-state index < -0.39 is 23.9 Å². The number of rotatable bonds is 19. The van der Waals surface area contributed by atoms with Crippen molar-refractivity contribution in [2.75, 3.05) is 25.6 Å². The van der Waals surface area contributed by atoms with Gasteiger partial charge in [-0.3, -0.25) is 4.79 Å². The predicted octanol–water partition coefficient (Wildman–Crippen LogP) is 7.34. The van der Waals surface area contributed by atoms with E-state index in [-0.39, 0.29) is 6.42 Å². The number of amides is 1. The summed E-state index contributed by atoms with van der Waals surface area (Å²) in [6.07, 6.45) is 6.67. The highest BCUT2D eigenvalue weighted by Gasteiger charge is 2.21. The molecule has 252 valence electrons. The van der Waals surface area contributed by atoms with Crippen molar-refractivity contribution in [1.29, 1.82) is 0 Å². The number of nitrogens with one attached hydrogen (secondary N) is 2. The molecule has 0 spiro atoms. The lowest BCUT2D eigenvalue weighted by atomic mass is 10.0. The number of ether oxygens (including phenoxy) is 3. The molecule has 0 aliphatic carbocycles. The smallest absolute Gasteiger partial charge is 0.343 e. The van der Waals surface area contributed by atoms with Crippen molar-refractivity contribution in [3.63, 3.8) is 0 Å². The van der Waals surface area contributed by atoms with Crippen molar-refractivity contribution in [2.24, 2.45) is 0 Å². The third kappa shape index (κ3) is 11.5. The van der Waals surface area contributed by atoms with Crippen LogP contribution in [0.25, 0.3) is 0 Å². The molecule has 1 atom stereocenters. The minimum Gasteiger partial charge on any atom is -0.497 e. The fourth-order valence-corrected chi connectivity index (χ4v) is 5.00. The number of benzene rings is 4. The first kappa shape index (κ1) is 35.5. The Hall–Kier alpha value is -5.31. The Morgan fingerprint density at radius 2 is 1.31 bits per heavy atom. The topological polar surface area (TPSA) is 123 Å². The molecule has 0 unspecified atom stereocenters. The van der Waals surface area contributed by atoms with Gasteiger partial charge in [-0.25, -0.2) is 9.59 Å². The lowest BCUT2D eigenvalue weighted by Crippen LogP contribution is -2.42. The van der Waals surface area contributed by atoms with Gasteiger partial charge < -0.3 is 30.0 Å². The number of carboxylic acids is 1. The summed E-state index contributed by atoms with van der Waals surface area (Å²) in [4.78, 5) is 37.5. The average molecular weight is 653 g/mol. The van der Waals surface area contributed by atoms with Crippen LogP contribution in [0.15, 0.2) is 97.1 Å². The molecular weight excluding hydrogens is 608 g/mol. The fourth-order valence-electron chi connectivity index (χ4n) is 5.00. The summed E-state index contributed by atoms with van der Waals surface area (Å²) < 4.78 is 16.4. The van der Waals surface area contributed by atoms with Crippen LogP contribution in [-0.4, -0.2) is 49.3 Å². The summed E-state index contributed by atoms with van der Waals surface area (Å²) in [6.45, 7) is 3.54. The van der Waals surface area contributed by atoms with Gasteiger partial charge in [0.15, 0.2) is 0 Å². The van der Waals surface area contributed by atoms with E-state index in [4.69, 9.17) is 14.2 Å². The Morgan fingerprint density at radius 3 is 1.96 bits per heavy atom. The van der Waals surface area contributed by atoms with E-state index in [1.807, 2.05) is 24.3 Å². The van der Waals surface area contributed by atoms with E-state index in [0.717, 1.165) is 30.7 Å². The number of hydrogen-bond acceptors (Lipinski definition) is 7. The summed E-state index contributed by atoms with van der Waals surface area (Å²) in [5.41, 5.74) is 3.43. The molecule has 0 bridgehead atoms. The molecule has 3 N–H and O–H groups in total. The number of carbonyl (C=O) groups excluding carboxylic acids is 2. The highest BCUT2D eigenvalue weighted by molar-refractivity contribution is 5.97. The maximum Gasteiger partial charge on any atom is 0.343 e. The maximum absolute atomic E-state index is 12.9. The quantitative estimate of drug-likeness (QED) is 0.0546. The molecule has 4 aromatic rings. The Kier molecular flexibility index (Phi) is 13.9. The third-order valence-corrected chi connectivity index (χ3v) is 7.83. The Balaban J connectivity index is 1.22. The molecule has 4 aromatic carbocycles. The molecule has 9 nitrogen and oxygen atoms in total. The van der Waals surface area contributed by atoms with Gasteiger partial charge in [0.05, 0.1) is 19.3 Å². The molecule has 48 heavy (non-hydrogen) atoms. The molecule has 0 saturated heterocycles. The minimum absolute atomic E-state index is 0.0559. The number of esters is 1. The number of unbranched alkanes of at least 4 members (excludes halogenated alkanes) is 4. The fraction of sp³-hybridized carbons (Fsp3) is 0.308. The zero-order valence-corrected chi connectivity index (χ0v) is 27.6. The summed E-state index contributed by atoms with van der Waals surface area (Å²) in [7, 11) is 1.64. The molecule has 0 aliphatic heterocycles. The lowest BCUT2D eigenvalue weighted by Gasteiger charge is -2.15. The van der Waals surface area contributed by atoms with Crippen LogP contribution < -0.4 is 24.8 Å². The largest absolute Gasteiger partial charge is 0.497 e. The molecule has 0 saturated carbocycles. The van der Waals surface area contributed by atoms with Gasteiger partial charge in [0.2, 0.25) is 0 Å². The molecule has 9 heteroatoms. The van der Waals surface area contributed by atoms with Gasteiger partial charge in [-0.2, -0.15) is 0 Å². The summed E-state index contributed by atoms with van der Waals surface area (Å²) >= 11 is 0. The van der Waals surface area contributed by atoms with Gasteiger partial charge in [0, 0.05) is 24.2 Å². The van der Waals surface area contributed by atoms with E-state index in [0.29, 0.717) is 41.3 Å². The first-order chi connectivity index (χ1) is 23.3. The van der Waals surface area contributed by atoms with Crippen molar-refractivity contribution >= 4 is 23.5 Å². The first-order valence-corrected chi connectivity index (χ1v) is 16.4. The average Bonchev–Trinajstić information content (AvgIpc) is 3.11. The monoisotopic (exact) mass is 652 g/mol. The Bertz CT molecular complexity index is 1590.